The molecule has 0 fully saturated rings. The van der Waals surface area contributed by atoms with Gasteiger partial charge < -0.3 is 16.4 Å². The molecule has 0 atom stereocenters. The van der Waals surface area contributed by atoms with Crippen molar-refractivity contribution in [1.82, 2.24) is 0 Å². The summed E-state index contributed by atoms with van der Waals surface area (Å²) in [4.78, 5) is 0. The molecule has 0 bridgehead atoms. The first-order valence-corrected chi connectivity index (χ1v) is 0.728. The van der Waals surface area contributed by atoms with Gasteiger partial charge in [0.2, 0.25) is 0 Å². The molecule has 0 aliphatic carbocycles. The van der Waals surface area contributed by atoms with Gasteiger partial charge in [-0.25, -0.2) is 0 Å². The van der Waals surface area contributed by atoms with Crippen molar-refractivity contribution in [2.45, 2.75) is 29.7 Å². The van der Waals surface area contributed by atoms with E-state index >= 15 is 0 Å². The molecule has 0 rings (SSSR count). The van der Waals surface area contributed by atoms with Gasteiger partial charge in [-0.05, 0) is 0 Å². The Labute approximate surface area is 92.5 Å². The van der Waals surface area contributed by atoms with E-state index in [0.717, 1.165) is 0 Å². The Bertz CT molecular complexity index is 15.2. The van der Waals surface area contributed by atoms with Gasteiger partial charge in [-0.1, -0.05) is 29.7 Å². The third kappa shape index (κ3) is 453. The summed E-state index contributed by atoms with van der Waals surface area (Å²) in [6.45, 7) is 0. The monoisotopic (exact) mass is 348 g/mol. The third-order valence-corrected chi connectivity index (χ3v) is 0. The molecule has 0 heterocycles. The van der Waals surface area contributed by atoms with Crippen LogP contribution in [0.1, 0.15) is 29.7 Å². The van der Waals surface area contributed by atoms with Crippen LogP contribution in [-0.2, 0) is 46.7 Å². The molecule has 0 amide bonds. The molecule has 10 heavy (non-hydrogen) atoms. The summed E-state index contributed by atoms with van der Waals surface area (Å²) in [5, 5.41) is 0. The van der Waals surface area contributed by atoms with E-state index in [1.54, 1.807) is 21.0 Å². The first kappa shape index (κ1) is 247. The zero-order valence-electron chi connectivity index (χ0n) is 2.51. The summed E-state index contributed by atoms with van der Waals surface area (Å²) in [6.07, 6.45) is 0. The fraction of sp³-hybridized carbons (Fsp3) is 1.00. The second-order valence-corrected chi connectivity index (χ2v) is 0. The van der Waals surface area contributed by atoms with Crippen molar-refractivity contribution in [3.63, 3.8) is 0 Å². The molecule has 84 valence electrons. The minimum atomic E-state index is 0. The van der Waals surface area contributed by atoms with Crippen LogP contribution in [0.25, 0.3) is 0 Å². The van der Waals surface area contributed by atoms with Gasteiger partial charge in [-0.2, -0.15) is 0 Å². The number of rotatable bonds is 0. The van der Waals surface area contributed by atoms with E-state index in [1.807, 2.05) is 0 Å². The Morgan fingerprint density at radius 3 is 0.600 bits per heavy atom. The number of hydrogen-bond acceptors (Lipinski definition) is 1. The zero-order chi connectivity index (χ0) is 2.00. The molecular formula is C4H22Ag2O4. The van der Waals surface area contributed by atoms with Crippen molar-refractivity contribution < 1.29 is 63.1 Å². The Kier molecular flexibility index (Phi) is 15600. The molecule has 0 aromatic rings. The van der Waals surface area contributed by atoms with E-state index in [2.05, 4.69) is 0 Å². The van der Waals surface area contributed by atoms with Crippen molar-refractivity contribution in [2.75, 3.05) is 0 Å². The van der Waals surface area contributed by atoms with Crippen molar-refractivity contribution in [1.29, 1.82) is 0 Å². The van der Waals surface area contributed by atoms with Crippen molar-refractivity contribution in [2.24, 2.45) is 0 Å². The van der Waals surface area contributed by atoms with E-state index in [0.29, 0.717) is 0 Å². The summed E-state index contributed by atoms with van der Waals surface area (Å²) in [6, 6.07) is 0. The topological polar surface area (TPSA) is 112 Å². The third-order valence-electron chi connectivity index (χ3n) is 0. The van der Waals surface area contributed by atoms with Crippen LogP contribution in [0.5, 0.6) is 0 Å². The van der Waals surface area contributed by atoms with Crippen LogP contribution in [0.3, 0.4) is 0 Å². The summed E-state index contributed by atoms with van der Waals surface area (Å²) < 4.78 is 8.06. The van der Waals surface area contributed by atoms with Crippen LogP contribution in [0.2, 0.25) is 0 Å². The normalized spacial score (nSPS) is 0.600. The Hall–Kier alpha value is 1.16. The van der Waals surface area contributed by atoms with Crippen LogP contribution in [0.15, 0.2) is 0 Å². The van der Waals surface area contributed by atoms with Gasteiger partial charge in [0.25, 0.3) is 0 Å². The van der Waals surface area contributed by atoms with Gasteiger partial charge >= 0.3 is 24.3 Å². The second kappa shape index (κ2) is 633. The summed E-state index contributed by atoms with van der Waals surface area (Å²) in [5.74, 6) is 0. The van der Waals surface area contributed by atoms with Gasteiger partial charge in [-0.3, -0.25) is 0 Å². The van der Waals surface area contributed by atoms with Gasteiger partial charge in [0.1, 0.15) is 0 Å². The molecule has 0 saturated carbocycles. The van der Waals surface area contributed by atoms with E-state index in [9.17, 15) is 0 Å². The summed E-state index contributed by atoms with van der Waals surface area (Å²) in [7, 11) is 0. The summed E-state index contributed by atoms with van der Waals surface area (Å²) >= 11 is 1.70. The van der Waals surface area contributed by atoms with Gasteiger partial charge in [0.05, 0.1) is 0 Å². The first-order chi connectivity index (χ1) is 1.00. The molecular weight excluding hydrogens is 328 g/mol. The first-order valence-electron chi connectivity index (χ1n) is 0.123. The molecule has 0 spiro atoms. The average molecular weight is 350 g/mol. The molecule has 0 aromatic carbocycles. The Balaban J connectivity index is -0.000000000179. The molecule has 0 saturated heterocycles. The van der Waals surface area contributed by atoms with Gasteiger partial charge in [0.15, 0.2) is 0 Å². The molecule has 0 aromatic heterocycles. The van der Waals surface area contributed by atoms with Crippen molar-refractivity contribution in [3.05, 3.63) is 0 Å². The molecule has 1 radical (unpaired) electrons. The SMILES string of the molecule is C.C.C.C.O.O.O.[Ag].[O]=[Ag]. The van der Waals surface area contributed by atoms with Crippen LogP contribution >= 0.6 is 0 Å². The second-order valence-electron chi connectivity index (χ2n) is 0. The van der Waals surface area contributed by atoms with Crippen LogP contribution in [0.4, 0.5) is 0 Å². The predicted octanol–water partition coefficient (Wildman–Crippen LogP) is -0.0535. The van der Waals surface area contributed by atoms with Crippen molar-refractivity contribution in [3.8, 4) is 0 Å². The van der Waals surface area contributed by atoms with E-state index in [-0.39, 0.29) is 68.5 Å². The maximum absolute atomic E-state index is 8.06. The Morgan fingerprint density at radius 1 is 0.600 bits per heavy atom. The molecule has 6 heteroatoms. The predicted molar refractivity (Wildman–Crippen MR) is 38.5 cm³/mol. The fourth-order valence-electron chi connectivity index (χ4n) is 0. The quantitative estimate of drug-likeness (QED) is 0.561. The standard InChI is InChI=1S/4CH4.2Ag.3H2O.O/h4*1H4;;;3*1H2;. The van der Waals surface area contributed by atoms with Gasteiger partial charge in [0, 0.05) is 22.4 Å². The average Bonchev–Trinajstić information content (AvgIpc) is 1.00. The minimum absolute atomic E-state index is 0. The van der Waals surface area contributed by atoms with Crippen LogP contribution in [-0.4, -0.2) is 16.4 Å². The number of hydrogen-bond donors (Lipinski definition) is 0. The van der Waals surface area contributed by atoms with Crippen molar-refractivity contribution >= 4 is 0 Å². The fourth-order valence-corrected chi connectivity index (χ4v) is 0. The van der Waals surface area contributed by atoms with E-state index < -0.39 is 0 Å². The van der Waals surface area contributed by atoms with E-state index in [4.69, 9.17) is 3.25 Å². The molecule has 0 unspecified atom stereocenters. The van der Waals surface area contributed by atoms with Crippen LogP contribution in [0, 0.1) is 0 Å². The molecule has 0 aliphatic rings. The molecule has 4 nitrogen and oxygen atoms in total. The summed E-state index contributed by atoms with van der Waals surface area (Å²) in [5.41, 5.74) is 0. The van der Waals surface area contributed by atoms with Gasteiger partial charge in [-0.15, -0.1) is 0 Å². The van der Waals surface area contributed by atoms with Crippen LogP contribution < -0.4 is 0 Å². The molecule has 6 N–H and O–H groups in total. The molecule has 0 aliphatic heterocycles. The van der Waals surface area contributed by atoms with E-state index in [1.165, 1.54) is 0 Å². The maximum atomic E-state index is 8.06. The Morgan fingerprint density at radius 2 is 0.600 bits per heavy atom. The zero-order valence-corrected chi connectivity index (χ0v) is 5.48.